The van der Waals surface area contributed by atoms with Crippen molar-refractivity contribution in [3.05, 3.63) is 0 Å². The van der Waals surface area contributed by atoms with E-state index in [-0.39, 0.29) is 0 Å². The second kappa shape index (κ2) is 2.01. The Labute approximate surface area is 57.6 Å². The minimum absolute atomic E-state index is 0.539. The van der Waals surface area contributed by atoms with Gasteiger partial charge < -0.3 is 0 Å². The van der Waals surface area contributed by atoms with Gasteiger partial charge in [0.2, 0.25) is 0 Å². The van der Waals surface area contributed by atoms with Crippen LogP contribution in [0.5, 0.6) is 0 Å². The molecule has 0 unspecified atom stereocenters. The van der Waals surface area contributed by atoms with E-state index in [2.05, 4.69) is 31.9 Å². The van der Waals surface area contributed by atoms with E-state index in [4.69, 9.17) is 6.42 Å². The van der Waals surface area contributed by atoms with Crippen molar-refractivity contribution in [1.29, 1.82) is 0 Å². The minimum atomic E-state index is 0.539. The zero-order valence-corrected chi connectivity index (χ0v) is 6.05. The van der Waals surface area contributed by atoms with Crippen LogP contribution >= 0.6 is 22.9 Å². The summed E-state index contributed by atoms with van der Waals surface area (Å²) < 4.78 is 2.18. The molecule has 1 rings (SSSR count). The zero-order chi connectivity index (χ0) is 5.28. The lowest BCUT2D eigenvalue weighted by atomic mass is 10.1. The highest BCUT2D eigenvalue weighted by molar-refractivity contribution is 14.1. The summed E-state index contributed by atoms with van der Waals surface area (Å²) >= 11 is 2.27. The molecule has 0 aromatic rings. The predicted molar refractivity (Wildman–Crippen MR) is 37.9 cm³/mol. The van der Waals surface area contributed by atoms with Crippen LogP contribution in [0.2, 0.25) is 0 Å². The van der Waals surface area contributed by atoms with E-state index in [1.807, 2.05) is 0 Å². The molecule has 1 fully saturated rings. The van der Waals surface area contributed by atoms with Crippen molar-refractivity contribution in [2.75, 3.05) is 13.1 Å². The predicted octanol–water partition coefficient (Wildman–Crippen LogP) is 0.901. The number of hydrogen-bond donors (Lipinski definition) is 0. The molecule has 1 saturated heterocycles. The quantitative estimate of drug-likeness (QED) is 0.324. The van der Waals surface area contributed by atoms with Crippen LogP contribution < -0.4 is 0 Å². The molecule has 0 amide bonds. The second-order valence-electron chi connectivity index (χ2n) is 1.69. The summed E-state index contributed by atoms with van der Waals surface area (Å²) in [5.41, 5.74) is 0. The number of nitrogens with zero attached hydrogens (tertiary/aromatic N) is 1. The van der Waals surface area contributed by atoms with Gasteiger partial charge in [0.05, 0.1) is 0 Å². The summed E-state index contributed by atoms with van der Waals surface area (Å²) in [6.07, 6.45) is 5.12. The molecule has 0 bridgehead atoms. The van der Waals surface area contributed by atoms with Crippen LogP contribution in [0.1, 0.15) is 0 Å². The van der Waals surface area contributed by atoms with Crippen molar-refractivity contribution < 1.29 is 0 Å². The summed E-state index contributed by atoms with van der Waals surface area (Å²) in [4.78, 5) is 0. The highest BCUT2D eigenvalue weighted by atomic mass is 127. The van der Waals surface area contributed by atoms with Gasteiger partial charge in [0.15, 0.2) is 0 Å². The maximum absolute atomic E-state index is 5.12. The van der Waals surface area contributed by atoms with E-state index >= 15 is 0 Å². The van der Waals surface area contributed by atoms with Crippen molar-refractivity contribution in [3.8, 4) is 12.3 Å². The molecule has 1 nitrogen and oxygen atoms in total. The van der Waals surface area contributed by atoms with Gasteiger partial charge in [-0.2, -0.15) is 0 Å². The third-order valence-electron chi connectivity index (χ3n) is 1.07. The third kappa shape index (κ3) is 1.07. The Balaban J connectivity index is 2.21. The maximum Gasteiger partial charge on any atom is 0.0470 e. The molecule has 38 valence electrons. The first kappa shape index (κ1) is 5.39. The van der Waals surface area contributed by atoms with Crippen LogP contribution in [0.4, 0.5) is 0 Å². The van der Waals surface area contributed by atoms with Gasteiger partial charge in [-0.3, -0.25) is 0 Å². The molecular formula is C5H6IN. The molecule has 0 saturated carbocycles. The molecule has 2 heteroatoms. The van der Waals surface area contributed by atoms with Gasteiger partial charge in [0.25, 0.3) is 0 Å². The fraction of sp³-hybridized carbons (Fsp3) is 0.600. The SMILES string of the molecule is C#CC1CN(I)C1. The van der Waals surface area contributed by atoms with E-state index in [0.717, 1.165) is 13.1 Å². The Hall–Kier alpha value is 0.250. The van der Waals surface area contributed by atoms with Crippen molar-refractivity contribution in [1.82, 2.24) is 3.11 Å². The van der Waals surface area contributed by atoms with Gasteiger partial charge in [-0.1, -0.05) is 0 Å². The van der Waals surface area contributed by atoms with Gasteiger partial charge in [-0.15, -0.1) is 12.3 Å². The van der Waals surface area contributed by atoms with E-state index in [1.165, 1.54) is 0 Å². The molecule has 0 atom stereocenters. The Morgan fingerprint density at radius 2 is 2.29 bits per heavy atom. The molecule has 0 N–H and O–H groups in total. The van der Waals surface area contributed by atoms with Crippen LogP contribution in [0.25, 0.3) is 0 Å². The third-order valence-corrected chi connectivity index (χ3v) is 1.86. The van der Waals surface area contributed by atoms with Crippen molar-refractivity contribution in [2.24, 2.45) is 5.92 Å². The molecule has 0 aromatic heterocycles. The van der Waals surface area contributed by atoms with E-state index in [1.54, 1.807) is 0 Å². The average Bonchev–Trinajstić information content (AvgIpc) is 1.58. The summed E-state index contributed by atoms with van der Waals surface area (Å²) in [5.74, 6) is 3.22. The fourth-order valence-electron chi connectivity index (χ4n) is 0.530. The van der Waals surface area contributed by atoms with Crippen LogP contribution in [-0.2, 0) is 0 Å². The lowest BCUT2D eigenvalue weighted by Crippen LogP contribution is -2.38. The Kier molecular flexibility index (Phi) is 1.55. The fourth-order valence-corrected chi connectivity index (χ4v) is 1.48. The maximum atomic E-state index is 5.12. The molecule has 0 radical (unpaired) electrons. The molecule has 1 aliphatic rings. The first-order valence-corrected chi connectivity index (χ1v) is 3.16. The van der Waals surface area contributed by atoms with Crippen LogP contribution in [0.3, 0.4) is 0 Å². The summed E-state index contributed by atoms with van der Waals surface area (Å²) in [7, 11) is 0. The van der Waals surface area contributed by atoms with Crippen molar-refractivity contribution in [2.45, 2.75) is 0 Å². The van der Waals surface area contributed by atoms with Crippen molar-refractivity contribution in [3.63, 3.8) is 0 Å². The van der Waals surface area contributed by atoms with Crippen LogP contribution in [0.15, 0.2) is 0 Å². The molecule has 1 aliphatic heterocycles. The molecule has 0 aromatic carbocycles. The van der Waals surface area contributed by atoms with Gasteiger partial charge in [-0.25, -0.2) is 3.11 Å². The van der Waals surface area contributed by atoms with Gasteiger partial charge in [-0.05, 0) is 0 Å². The van der Waals surface area contributed by atoms with E-state index in [9.17, 15) is 0 Å². The normalized spacial score (nSPS) is 23.4. The largest absolute Gasteiger partial charge is 0.245 e. The average molecular weight is 207 g/mol. The highest BCUT2D eigenvalue weighted by Gasteiger charge is 2.21. The van der Waals surface area contributed by atoms with Gasteiger partial charge in [0, 0.05) is 41.9 Å². The highest BCUT2D eigenvalue weighted by Crippen LogP contribution is 2.17. The summed E-state index contributed by atoms with van der Waals surface area (Å²) in [6.45, 7) is 2.16. The number of hydrogen-bond acceptors (Lipinski definition) is 1. The topological polar surface area (TPSA) is 3.24 Å². The summed E-state index contributed by atoms with van der Waals surface area (Å²) in [5, 5.41) is 0. The van der Waals surface area contributed by atoms with Gasteiger partial charge >= 0.3 is 0 Å². The first-order valence-electron chi connectivity index (χ1n) is 2.20. The Morgan fingerprint density at radius 3 is 2.43 bits per heavy atom. The van der Waals surface area contributed by atoms with Crippen molar-refractivity contribution >= 4 is 22.9 Å². The van der Waals surface area contributed by atoms with E-state index < -0.39 is 0 Å². The molecule has 0 spiro atoms. The van der Waals surface area contributed by atoms with Crippen LogP contribution in [0, 0.1) is 18.3 Å². The second-order valence-corrected chi connectivity index (χ2v) is 3.06. The molecule has 7 heavy (non-hydrogen) atoms. The smallest absolute Gasteiger partial charge is 0.0470 e. The molecule has 1 heterocycles. The number of rotatable bonds is 0. The Bertz CT molecular complexity index is 99.1. The number of halogens is 1. The van der Waals surface area contributed by atoms with Crippen LogP contribution in [-0.4, -0.2) is 16.2 Å². The zero-order valence-electron chi connectivity index (χ0n) is 3.89. The lowest BCUT2D eigenvalue weighted by Gasteiger charge is -2.29. The minimum Gasteiger partial charge on any atom is -0.245 e. The summed E-state index contributed by atoms with van der Waals surface area (Å²) in [6, 6.07) is 0. The van der Waals surface area contributed by atoms with E-state index in [0.29, 0.717) is 5.92 Å². The monoisotopic (exact) mass is 207 g/mol. The standard InChI is InChI=1S/C5H6IN/c1-2-5-3-7(6)4-5/h1,5H,3-4H2. The van der Waals surface area contributed by atoms with Gasteiger partial charge in [0.1, 0.15) is 0 Å². The lowest BCUT2D eigenvalue weighted by molar-refractivity contribution is 0.303. The number of terminal acetylenes is 1. The Morgan fingerprint density at radius 1 is 1.71 bits per heavy atom. The first-order chi connectivity index (χ1) is 3.33. The molecule has 0 aliphatic carbocycles. The molecular weight excluding hydrogens is 201 g/mol.